The number of hydroxylamine groups is 1. The molecule has 0 bridgehead atoms. The number of aryl methyl sites for hydroxylation is 1. The molecule has 1 atom stereocenters. The summed E-state index contributed by atoms with van der Waals surface area (Å²) in [7, 11) is 0. The number of carbonyl (C=O) groups is 1. The van der Waals surface area contributed by atoms with E-state index >= 15 is 0 Å². The molecule has 0 radical (unpaired) electrons. The normalized spacial score (nSPS) is 18.3. The Morgan fingerprint density at radius 2 is 2.08 bits per heavy atom. The molecule has 1 N–H and O–H groups in total. The van der Waals surface area contributed by atoms with Crippen molar-refractivity contribution in [2.75, 3.05) is 6.61 Å². The first-order valence-electron chi connectivity index (χ1n) is 8.85. The summed E-state index contributed by atoms with van der Waals surface area (Å²) in [6.07, 6.45) is 6.01. The summed E-state index contributed by atoms with van der Waals surface area (Å²) in [4.78, 5) is 22.5. The van der Waals surface area contributed by atoms with Gasteiger partial charge in [0.05, 0.1) is 12.3 Å². The van der Waals surface area contributed by atoms with Crippen molar-refractivity contribution in [3.8, 4) is 0 Å². The second-order valence-corrected chi connectivity index (χ2v) is 6.75. The van der Waals surface area contributed by atoms with Crippen LogP contribution in [0.15, 0.2) is 23.4 Å². The van der Waals surface area contributed by atoms with E-state index in [1.165, 1.54) is 0 Å². The minimum Gasteiger partial charge on any atom is -0.294 e. The fraction of sp³-hybridized carbons (Fsp3) is 0.500. The lowest BCUT2D eigenvalue weighted by atomic mass is 9.81. The predicted molar refractivity (Wildman–Crippen MR) is 102 cm³/mol. The molecule has 0 aliphatic heterocycles. The molecule has 0 saturated heterocycles. The Morgan fingerprint density at radius 1 is 1.36 bits per heavy atom. The molecular weight excluding hydrogens is 336 g/mol. The predicted octanol–water partition coefficient (Wildman–Crippen LogP) is 4.87. The first kappa shape index (κ1) is 19.7. The van der Waals surface area contributed by atoms with Crippen LogP contribution in [0.2, 0.25) is 5.15 Å². The third-order valence-corrected chi connectivity index (χ3v) is 5.06. The Bertz CT molecular complexity index is 723. The highest BCUT2D eigenvalue weighted by molar-refractivity contribution is 6.30. The first-order valence-corrected chi connectivity index (χ1v) is 9.23. The summed E-state index contributed by atoms with van der Waals surface area (Å²) < 4.78 is 0. The Kier molecular flexibility index (Phi) is 6.79. The molecule has 2 rings (SSSR count). The SMILES string of the molecule is CCC=C(NOCC)C1=CCC(c2c(Cl)nc(C)c(C)c2C)CC1=O. The quantitative estimate of drug-likeness (QED) is 0.579. The van der Waals surface area contributed by atoms with E-state index < -0.39 is 0 Å². The van der Waals surface area contributed by atoms with E-state index in [-0.39, 0.29) is 11.7 Å². The van der Waals surface area contributed by atoms with Gasteiger partial charge in [-0.15, -0.1) is 0 Å². The Labute approximate surface area is 155 Å². The van der Waals surface area contributed by atoms with E-state index in [1.54, 1.807) is 0 Å². The highest BCUT2D eigenvalue weighted by atomic mass is 35.5. The second-order valence-electron chi connectivity index (χ2n) is 6.39. The summed E-state index contributed by atoms with van der Waals surface area (Å²) in [6.45, 7) is 10.6. The molecule has 4 nitrogen and oxygen atoms in total. The van der Waals surface area contributed by atoms with E-state index in [9.17, 15) is 4.79 Å². The lowest BCUT2D eigenvalue weighted by molar-refractivity contribution is -0.116. The number of rotatable bonds is 6. The molecule has 0 amide bonds. The van der Waals surface area contributed by atoms with Crippen LogP contribution >= 0.6 is 11.6 Å². The van der Waals surface area contributed by atoms with Gasteiger partial charge in [0.1, 0.15) is 5.15 Å². The molecule has 1 aliphatic rings. The second kappa shape index (κ2) is 8.63. The van der Waals surface area contributed by atoms with Crippen molar-refractivity contribution in [3.63, 3.8) is 0 Å². The maximum absolute atomic E-state index is 12.8. The van der Waals surface area contributed by atoms with Crippen LogP contribution in [0.5, 0.6) is 0 Å². The molecule has 1 aliphatic carbocycles. The highest BCUT2D eigenvalue weighted by Crippen LogP contribution is 2.38. The van der Waals surface area contributed by atoms with Gasteiger partial charge in [0.15, 0.2) is 5.78 Å². The monoisotopic (exact) mass is 362 g/mol. The number of carbonyl (C=O) groups excluding carboxylic acids is 1. The zero-order valence-corrected chi connectivity index (χ0v) is 16.5. The van der Waals surface area contributed by atoms with E-state index in [0.29, 0.717) is 23.8 Å². The van der Waals surface area contributed by atoms with Gasteiger partial charge < -0.3 is 0 Å². The van der Waals surface area contributed by atoms with E-state index in [2.05, 4.69) is 24.3 Å². The van der Waals surface area contributed by atoms with Crippen LogP contribution in [0.3, 0.4) is 0 Å². The molecule has 1 unspecified atom stereocenters. The van der Waals surface area contributed by atoms with Crippen molar-refractivity contribution in [1.29, 1.82) is 0 Å². The maximum atomic E-state index is 12.8. The number of Topliss-reactive ketones (excluding diaryl/α,β-unsaturated/α-hetero) is 1. The average molecular weight is 363 g/mol. The number of hydrogen-bond acceptors (Lipinski definition) is 4. The number of aromatic nitrogens is 1. The third-order valence-electron chi connectivity index (χ3n) is 4.77. The first-order chi connectivity index (χ1) is 11.9. The molecule has 0 saturated carbocycles. The number of ketones is 1. The van der Waals surface area contributed by atoms with Crippen LogP contribution in [-0.2, 0) is 9.63 Å². The fourth-order valence-corrected chi connectivity index (χ4v) is 3.65. The Balaban J connectivity index is 2.32. The average Bonchev–Trinajstić information content (AvgIpc) is 2.57. The molecule has 0 aromatic carbocycles. The van der Waals surface area contributed by atoms with Gasteiger partial charge in [-0.1, -0.05) is 30.7 Å². The van der Waals surface area contributed by atoms with Gasteiger partial charge >= 0.3 is 0 Å². The van der Waals surface area contributed by atoms with Crippen molar-refractivity contribution >= 4 is 17.4 Å². The summed E-state index contributed by atoms with van der Waals surface area (Å²) in [5.74, 6) is 0.183. The molecule has 1 aromatic heterocycles. The summed E-state index contributed by atoms with van der Waals surface area (Å²) >= 11 is 6.42. The van der Waals surface area contributed by atoms with Gasteiger partial charge in [0.2, 0.25) is 0 Å². The molecule has 5 heteroatoms. The smallest absolute Gasteiger partial charge is 0.165 e. The summed E-state index contributed by atoms with van der Waals surface area (Å²) in [5, 5.41) is 0.520. The van der Waals surface area contributed by atoms with Gasteiger partial charge in [-0.05, 0) is 63.1 Å². The van der Waals surface area contributed by atoms with E-state index in [0.717, 1.165) is 40.9 Å². The Hall–Kier alpha value is -1.65. The molecular formula is C20H27ClN2O2. The lowest BCUT2D eigenvalue weighted by Gasteiger charge is -2.25. The van der Waals surface area contributed by atoms with Crippen LogP contribution < -0.4 is 5.48 Å². The zero-order chi connectivity index (χ0) is 18.6. The van der Waals surface area contributed by atoms with Crippen molar-refractivity contribution < 1.29 is 9.63 Å². The fourth-order valence-electron chi connectivity index (χ4n) is 3.23. The topological polar surface area (TPSA) is 51.2 Å². The Morgan fingerprint density at radius 3 is 2.68 bits per heavy atom. The summed E-state index contributed by atoms with van der Waals surface area (Å²) in [6, 6.07) is 0. The standard InChI is InChI=1S/C20H27ClN2O2/c1-6-8-17(23-25-7-2)16-10-9-15(11-18(16)24)19-13(4)12(3)14(5)22-20(19)21/h8,10,15,23H,6-7,9,11H2,1-5H3. The van der Waals surface area contributed by atoms with Crippen LogP contribution in [0.4, 0.5) is 0 Å². The maximum Gasteiger partial charge on any atom is 0.165 e. The van der Waals surface area contributed by atoms with Gasteiger partial charge in [-0.3, -0.25) is 15.1 Å². The van der Waals surface area contributed by atoms with Crippen molar-refractivity contribution in [3.05, 3.63) is 51.0 Å². The van der Waals surface area contributed by atoms with Crippen molar-refractivity contribution in [2.45, 2.75) is 59.8 Å². The molecule has 0 fully saturated rings. The number of halogens is 1. The highest BCUT2D eigenvalue weighted by Gasteiger charge is 2.28. The minimum atomic E-state index is 0.0746. The largest absolute Gasteiger partial charge is 0.294 e. The molecule has 25 heavy (non-hydrogen) atoms. The van der Waals surface area contributed by atoms with Crippen LogP contribution in [0.25, 0.3) is 0 Å². The van der Waals surface area contributed by atoms with E-state index in [1.807, 2.05) is 32.9 Å². The van der Waals surface area contributed by atoms with Crippen LogP contribution in [0.1, 0.15) is 61.4 Å². The molecule has 136 valence electrons. The number of hydrogen-bond donors (Lipinski definition) is 1. The third kappa shape index (κ3) is 4.31. The lowest BCUT2D eigenvalue weighted by Crippen LogP contribution is -2.24. The zero-order valence-electron chi connectivity index (χ0n) is 15.7. The van der Waals surface area contributed by atoms with Gasteiger partial charge in [0, 0.05) is 17.7 Å². The van der Waals surface area contributed by atoms with E-state index in [4.69, 9.17) is 16.4 Å². The minimum absolute atomic E-state index is 0.0746. The van der Waals surface area contributed by atoms with Gasteiger partial charge in [0.25, 0.3) is 0 Å². The van der Waals surface area contributed by atoms with Gasteiger partial charge in [-0.2, -0.15) is 0 Å². The molecule has 1 heterocycles. The number of allylic oxidation sites excluding steroid dienone is 3. The van der Waals surface area contributed by atoms with Gasteiger partial charge in [-0.25, -0.2) is 4.98 Å². The van der Waals surface area contributed by atoms with Crippen molar-refractivity contribution in [1.82, 2.24) is 10.5 Å². The molecule has 1 aromatic rings. The number of nitrogens with zero attached hydrogens (tertiary/aromatic N) is 1. The van der Waals surface area contributed by atoms with Crippen LogP contribution in [-0.4, -0.2) is 17.4 Å². The number of pyridine rings is 1. The van der Waals surface area contributed by atoms with Crippen molar-refractivity contribution in [2.24, 2.45) is 0 Å². The molecule has 0 spiro atoms. The van der Waals surface area contributed by atoms with Crippen LogP contribution in [0, 0.1) is 20.8 Å². The summed E-state index contributed by atoms with van der Waals surface area (Å²) in [5.41, 5.74) is 8.60. The number of nitrogens with one attached hydrogen (secondary N) is 1.